The van der Waals surface area contributed by atoms with Gasteiger partial charge in [0.25, 0.3) is 0 Å². The first-order valence-electron chi connectivity index (χ1n) is 9.17. The number of aryl methyl sites for hydroxylation is 1. The van der Waals surface area contributed by atoms with Crippen LogP contribution in [0.2, 0.25) is 0 Å². The summed E-state index contributed by atoms with van der Waals surface area (Å²) >= 11 is 1.58. The zero-order chi connectivity index (χ0) is 18.8. The number of thiophene rings is 1. The van der Waals surface area contributed by atoms with Gasteiger partial charge in [-0.3, -0.25) is 9.36 Å². The minimum absolute atomic E-state index is 0.0474. The van der Waals surface area contributed by atoms with E-state index >= 15 is 0 Å². The molecule has 1 fully saturated rings. The Balaban J connectivity index is 1.41. The maximum atomic E-state index is 12.7. The first kappa shape index (κ1) is 17.7. The van der Waals surface area contributed by atoms with Crippen LogP contribution >= 0.6 is 11.3 Å². The Bertz CT molecular complexity index is 999. The first-order valence-corrected chi connectivity index (χ1v) is 10.1. The van der Waals surface area contributed by atoms with E-state index in [1.807, 2.05) is 48.7 Å². The molecule has 0 bridgehead atoms. The molecule has 3 aromatic rings. The molecule has 4 rings (SSSR count). The topological polar surface area (TPSA) is 68.9 Å². The van der Waals surface area contributed by atoms with E-state index in [0.717, 1.165) is 34.7 Å². The quantitative estimate of drug-likeness (QED) is 0.683. The smallest absolute Gasteiger partial charge is 0.346 e. The molecule has 6 nitrogen and oxygen atoms in total. The fourth-order valence-corrected chi connectivity index (χ4v) is 3.88. The molecule has 1 aromatic carbocycles. The standard InChI is InChI=1S/C20H22N4O2S/c1-14-4-2-5-15(12-14)13-18(25)21-9-10-23-20(26)24(16-7-8-16)19(22-23)17-6-3-11-27-17/h2-6,11-12,16H,7-10,13H2,1H3,(H,21,25). The largest absolute Gasteiger partial charge is 0.354 e. The molecule has 1 saturated carbocycles. The lowest BCUT2D eigenvalue weighted by Crippen LogP contribution is -2.32. The van der Waals surface area contributed by atoms with Gasteiger partial charge in [-0.05, 0) is 36.8 Å². The highest BCUT2D eigenvalue weighted by Gasteiger charge is 2.30. The van der Waals surface area contributed by atoms with Gasteiger partial charge in [-0.25, -0.2) is 9.48 Å². The third kappa shape index (κ3) is 4.03. The second-order valence-electron chi connectivity index (χ2n) is 6.92. The number of carbonyl (C=O) groups is 1. The van der Waals surface area contributed by atoms with E-state index in [2.05, 4.69) is 10.4 Å². The zero-order valence-electron chi connectivity index (χ0n) is 15.2. The minimum atomic E-state index is -0.0890. The SMILES string of the molecule is Cc1cccc(CC(=O)NCCn2nc(-c3cccs3)n(C3CC3)c2=O)c1. The zero-order valence-corrected chi connectivity index (χ0v) is 16.0. The number of nitrogens with one attached hydrogen (secondary N) is 1. The number of carbonyl (C=O) groups excluding carboxylic acids is 1. The molecular formula is C20H22N4O2S. The monoisotopic (exact) mass is 382 g/mol. The molecule has 0 atom stereocenters. The Labute approximate surface area is 161 Å². The third-order valence-electron chi connectivity index (χ3n) is 4.62. The van der Waals surface area contributed by atoms with Crippen LogP contribution in [0.1, 0.15) is 30.0 Å². The molecule has 2 aromatic heterocycles. The molecule has 0 saturated heterocycles. The molecular weight excluding hydrogens is 360 g/mol. The van der Waals surface area contributed by atoms with Crippen molar-refractivity contribution in [1.29, 1.82) is 0 Å². The van der Waals surface area contributed by atoms with Crippen LogP contribution in [-0.2, 0) is 17.8 Å². The van der Waals surface area contributed by atoms with Crippen molar-refractivity contribution in [3.63, 3.8) is 0 Å². The number of hydrogen-bond donors (Lipinski definition) is 1. The van der Waals surface area contributed by atoms with Crippen LogP contribution in [0.5, 0.6) is 0 Å². The highest BCUT2D eigenvalue weighted by atomic mass is 32.1. The maximum Gasteiger partial charge on any atom is 0.346 e. The van der Waals surface area contributed by atoms with Crippen molar-refractivity contribution in [1.82, 2.24) is 19.7 Å². The normalized spacial score (nSPS) is 13.7. The Morgan fingerprint density at radius 1 is 1.30 bits per heavy atom. The van der Waals surface area contributed by atoms with Crippen LogP contribution in [-0.4, -0.2) is 26.8 Å². The van der Waals surface area contributed by atoms with Gasteiger partial charge in [-0.1, -0.05) is 35.9 Å². The Hall–Kier alpha value is -2.67. The van der Waals surface area contributed by atoms with E-state index in [9.17, 15) is 9.59 Å². The third-order valence-corrected chi connectivity index (χ3v) is 5.48. The van der Waals surface area contributed by atoms with Gasteiger partial charge in [0.1, 0.15) is 0 Å². The van der Waals surface area contributed by atoms with Crippen LogP contribution in [0.3, 0.4) is 0 Å². The number of hydrogen-bond acceptors (Lipinski definition) is 4. The van der Waals surface area contributed by atoms with E-state index in [0.29, 0.717) is 19.5 Å². The first-order chi connectivity index (χ1) is 13.1. The summed E-state index contributed by atoms with van der Waals surface area (Å²) in [6, 6.07) is 12.1. The van der Waals surface area contributed by atoms with Crippen LogP contribution in [0.4, 0.5) is 0 Å². The lowest BCUT2D eigenvalue weighted by molar-refractivity contribution is -0.120. The van der Waals surface area contributed by atoms with E-state index in [1.54, 1.807) is 15.9 Å². The number of nitrogens with zero attached hydrogens (tertiary/aromatic N) is 3. The van der Waals surface area contributed by atoms with E-state index in [-0.39, 0.29) is 17.6 Å². The Morgan fingerprint density at radius 3 is 2.85 bits per heavy atom. The summed E-state index contributed by atoms with van der Waals surface area (Å²) in [6.45, 7) is 2.77. The van der Waals surface area contributed by atoms with Crippen LogP contribution in [0.25, 0.3) is 10.7 Å². The maximum absolute atomic E-state index is 12.7. The second-order valence-corrected chi connectivity index (χ2v) is 7.87. The number of amides is 1. The molecule has 27 heavy (non-hydrogen) atoms. The molecule has 7 heteroatoms. The number of benzene rings is 1. The van der Waals surface area contributed by atoms with Crippen molar-refractivity contribution in [3.8, 4) is 10.7 Å². The van der Waals surface area contributed by atoms with Crippen molar-refractivity contribution in [2.45, 2.75) is 38.8 Å². The lowest BCUT2D eigenvalue weighted by atomic mass is 10.1. The molecule has 0 unspecified atom stereocenters. The summed E-state index contributed by atoms with van der Waals surface area (Å²) < 4.78 is 3.28. The van der Waals surface area contributed by atoms with Crippen LogP contribution in [0, 0.1) is 6.92 Å². The lowest BCUT2D eigenvalue weighted by Gasteiger charge is -2.05. The predicted molar refractivity (Wildman–Crippen MR) is 106 cm³/mol. The summed E-state index contributed by atoms with van der Waals surface area (Å²) in [6.07, 6.45) is 2.39. The van der Waals surface area contributed by atoms with E-state index in [4.69, 9.17) is 0 Å². The van der Waals surface area contributed by atoms with Gasteiger partial charge in [-0.2, -0.15) is 0 Å². The van der Waals surface area contributed by atoms with E-state index < -0.39 is 0 Å². The fourth-order valence-electron chi connectivity index (χ4n) is 3.17. The molecule has 1 aliphatic carbocycles. The van der Waals surface area contributed by atoms with E-state index in [1.165, 1.54) is 4.68 Å². The van der Waals surface area contributed by atoms with Crippen LogP contribution < -0.4 is 11.0 Å². The van der Waals surface area contributed by atoms with Gasteiger partial charge in [-0.15, -0.1) is 16.4 Å². The minimum Gasteiger partial charge on any atom is -0.354 e. The summed E-state index contributed by atoms with van der Waals surface area (Å²) in [5, 5.41) is 9.41. The number of rotatable bonds is 7. The molecule has 0 aliphatic heterocycles. The van der Waals surface area contributed by atoms with Gasteiger partial charge in [0.15, 0.2) is 5.82 Å². The van der Waals surface area contributed by atoms with Gasteiger partial charge in [0.05, 0.1) is 17.8 Å². The van der Waals surface area contributed by atoms with Crippen molar-refractivity contribution in [2.75, 3.05) is 6.54 Å². The summed E-state index contributed by atoms with van der Waals surface area (Å²) in [5.74, 6) is 0.692. The molecule has 0 radical (unpaired) electrons. The van der Waals surface area contributed by atoms with Crippen molar-refractivity contribution in [2.24, 2.45) is 0 Å². The molecule has 1 N–H and O–H groups in total. The fraction of sp³-hybridized carbons (Fsp3) is 0.350. The van der Waals surface area contributed by atoms with Gasteiger partial charge < -0.3 is 5.32 Å². The Kier molecular flexibility index (Phi) is 4.94. The predicted octanol–water partition coefficient (Wildman–Crippen LogP) is 2.78. The summed E-state index contributed by atoms with van der Waals surface area (Å²) in [4.78, 5) is 25.9. The van der Waals surface area contributed by atoms with Crippen LogP contribution in [0.15, 0.2) is 46.6 Å². The summed E-state index contributed by atoms with van der Waals surface area (Å²) in [5.41, 5.74) is 2.04. The molecule has 140 valence electrons. The molecule has 0 spiro atoms. The number of aromatic nitrogens is 3. The Morgan fingerprint density at radius 2 is 2.15 bits per heavy atom. The molecule has 1 aliphatic rings. The van der Waals surface area contributed by atoms with Crippen molar-refractivity contribution < 1.29 is 4.79 Å². The van der Waals surface area contributed by atoms with Crippen molar-refractivity contribution >= 4 is 17.2 Å². The van der Waals surface area contributed by atoms with Gasteiger partial charge >= 0.3 is 5.69 Å². The average Bonchev–Trinajstić information content (AvgIpc) is 3.21. The second kappa shape index (κ2) is 7.52. The highest BCUT2D eigenvalue weighted by molar-refractivity contribution is 7.13. The molecule has 2 heterocycles. The molecule has 1 amide bonds. The summed E-state index contributed by atoms with van der Waals surface area (Å²) in [7, 11) is 0. The van der Waals surface area contributed by atoms with Gasteiger partial charge in [0, 0.05) is 12.6 Å². The average molecular weight is 382 g/mol. The highest BCUT2D eigenvalue weighted by Crippen LogP contribution is 2.37. The van der Waals surface area contributed by atoms with Gasteiger partial charge in [0.2, 0.25) is 5.91 Å². The van der Waals surface area contributed by atoms with Crippen molar-refractivity contribution in [3.05, 3.63) is 63.4 Å².